The second kappa shape index (κ2) is 9.21. The van der Waals surface area contributed by atoms with Crippen molar-refractivity contribution >= 4 is 10.0 Å². The second-order valence-corrected chi connectivity index (χ2v) is 9.47. The quantitative estimate of drug-likeness (QED) is 0.688. The molecule has 1 saturated heterocycles. The molecule has 8 heteroatoms. The molecule has 0 aliphatic carbocycles. The molecule has 0 saturated carbocycles. The number of rotatable bonds is 7. The molecule has 2 aromatic carbocycles. The molecule has 6 nitrogen and oxygen atoms in total. The Morgan fingerprint density at radius 2 is 1.66 bits per heavy atom. The van der Waals surface area contributed by atoms with Crippen LogP contribution in [0.2, 0.25) is 0 Å². The van der Waals surface area contributed by atoms with Crippen molar-refractivity contribution < 1.29 is 17.5 Å². The van der Waals surface area contributed by atoms with Crippen molar-refractivity contribution in [2.24, 2.45) is 0 Å². The summed E-state index contributed by atoms with van der Waals surface area (Å²) in [5.41, 5.74) is 1.93. The highest BCUT2D eigenvalue weighted by Gasteiger charge is 2.25. The van der Waals surface area contributed by atoms with Crippen LogP contribution < -0.4 is 4.74 Å². The van der Waals surface area contributed by atoms with Crippen molar-refractivity contribution in [3.05, 3.63) is 59.4 Å². The first-order valence-corrected chi connectivity index (χ1v) is 11.0. The third kappa shape index (κ3) is 5.33. The lowest BCUT2D eigenvalue weighted by Crippen LogP contribution is -2.49. The molecule has 0 atom stereocenters. The topological polar surface area (TPSA) is 53.1 Å². The lowest BCUT2D eigenvalue weighted by Gasteiger charge is -2.36. The van der Waals surface area contributed by atoms with Crippen LogP contribution in [0.3, 0.4) is 0 Å². The average molecular weight is 422 g/mol. The molecule has 0 amide bonds. The molecule has 1 heterocycles. The zero-order valence-corrected chi connectivity index (χ0v) is 18.0. The lowest BCUT2D eigenvalue weighted by atomic mass is 10.2. The fraction of sp³-hybridized carbons (Fsp3) is 0.429. The third-order valence-corrected chi connectivity index (χ3v) is 7.02. The maximum absolute atomic E-state index is 13.9. The van der Waals surface area contributed by atoms with Crippen molar-refractivity contribution in [3.63, 3.8) is 0 Å². The molecule has 1 aliphatic heterocycles. The Hall–Kier alpha value is -2.00. The van der Waals surface area contributed by atoms with Crippen LogP contribution >= 0.6 is 0 Å². The van der Waals surface area contributed by atoms with Gasteiger partial charge in [0.15, 0.2) is 11.6 Å². The van der Waals surface area contributed by atoms with E-state index in [0.717, 1.165) is 37.3 Å². The van der Waals surface area contributed by atoms with Crippen molar-refractivity contribution in [1.82, 2.24) is 14.1 Å². The number of sulfonamides is 1. The van der Waals surface area contributed by atoms with Gasteiger partial charge < -0.3 is 4.74 Å². The molecule has 0 N–H and O–H groups in total. The maximum atomic E-state index is 13.9. The zero-order valence-electron chi connectivity index (χ0n) is 17.1. The first-order valence-electron chi connectivity index (χ1n) is 9.60. The molecule has 0 spiro atoms. The summed E-state index contributed by atoms with van der Waals surface area (Å²) < 4.78 is 45.7. The van der Waals surface area contributed by atoms with Gasteiger partial charge in [0, 0.05) is 39.8 Å². The van der Waals surface area contributed by atoms with E-state index in [1.807, 2.05) is 25.1 Å². The van der Waals surface area contributed by atoms with Gasteiger partial charge in [-0.3, -0.25) is 9.80 Å². The summed E-state index contributed by atoms with van der Waals surface area (Å²) in [5.74, 6) is -0.108. The monoisotopic (exact) mass is 421 g/mol. The zero-order chi connectivity index (χ0) is 21.0. The number of ether oxygens (including phenoxy) is 1. The van der Waals surface area contributed by atoms with E-state index in [2.05, 4.69) is 9.80 Å². The Kier molecular flexibility index (Phi) is 6.89. The first-order chi connectivity index (χ1) is 13.8. The summed E-state index contributed by atoms with van der Waals surface area (Å²) in [6.45, 7) is 6.05. The summed E-state index contributed by atoms with van der Waals surface area (Å²) in [6.07, 6.45) is 0. The van der Waals surface area contributed by atoms with Gasteiger partial charge in [0.25, 0.3) is 0 Å². The van der Waals surface area contributed by atoms with E-state index < -0.39 is 10.0 Å². The minimum absolute atomic E-state index is 0.247. The molecule has 0 bridgehead atoms. The molecule has 1 aliphatic rings. The molecule has 3 rings (SSSR count). The summed E-state index contributed by atoms with van der Waals surface area (Å²) >= 11 is 0. The second-order valence-electron chi connectivity index (χ2n) is 7.42. The van der Waals surface area contributed by atoms with Gasteiger partial charge in [-0.15, -0.1) is 0 Å². The Bertz CT molecular complexity index is 927. The molecular weight excluding hydrogens is 393 g/mol. The summed E-state index contributed by atoms with van der Waals surface area (Å²) in [4.78, 5) is 4.68. The van der Waals surface area contributed by atoms with E-state index in [1.165, 1.54) is 17.5 Å². The van der Waals surface area contributed by atoms with Crippen LogP contribution in [0.1, 0.15) is 11.1 Å². The fourth-order valence-corrected chi connectivity index (χ4v) is 4.56. The normalized spacial score (nSPS) is 16.3. The molecule has 0 aromatic heterocycles. The van der Waals surface area contributed by atoms with Crippen molar-refractivity contribution in [2.75, 3.05) is 47.0 Å². The van der Waals surface area contributed by atoms with E-state index in [1.54, 1.807) is 25.2 Å². The van der Waals surface area contributed by atoms with Crippen LogP contribution in [-0.2, 0) is 16.6 Å². The number of hydrogen-bond donors (Lipinski definition) is 0. The summed E-state index contributed by atoms with van der Waals surface area (Å²) in [6, 6.07) is 11.9. The van der Waals surface area contributed by atoms with Crippen LogP contribution in [0.15, 0.2) is 47.4 Å². The van der Waals surface area contributed by atoms with Crippen molar-refractivity contribution in [1.29, 1.82) is 0 Å². The molecule has 1 fully saturated rings. The molecule has 0 radical (unpaired) electrons. The maximum Gasteiger partial charge on any atom is 0.243 e. The van der Waals surface area contributed by atoms with E-state index in [9.17, 15) is 12.8 Å². The van der Waals surface area contributed by atoms with Gasteiger partial charge in [-0.2, -0.15) is 4.31 Å². The smallest absolute Gasteiger partial charge is 0.243 e. The van der Waals surface area contributed by atoms with Crippen molar-refractivity contribution in [3.8, 4) is 5.75 Å². The molecule has 2 aromatic rings. The Morgan fingerprint density at radius 1 is 1.03 bits per heavy atom. The predicted octanol–water partition coefficient (Wildman–Crippen LogP) is 2.54. The van der Waals surface area contributed by atoms with E-state index in [-0.39, 0.29) is 11.6 Å². The number of benzene rings is 2. The number of aryl methyl sites for hydroxylation is 1. The van der Waals surface area contributed by atoms with E-state index in [0.29, 0.717) is 18.1 Å². The summed E-state index contributed by atoms with van der Waals surface area (Å²) in [7, 11) is -0.440. The molecule has 29 heavy (non-hydrogen) atoms. The number of halogens is 1. The minimum atomic E-state index is -3.50. The summed E-state index contributed by atoms with van der Waals surface area (Å²) in [5, 5.41) is 0. The number of hydrogen-bond acceptors (Lipinski definition) is 5. The largest absolute Gasteiger partial charge is 0.494 e. The molecular formula is C21H28FN3O3S. The molecule has 0 unspecified atom stereocenters. The average Bonchev–Trinajstić information content (AvgIpc) is 2.70. The Balaban J connectivity index is 1.52. The number of nitrogens with zero attached hydrogens (tertiary/aromatic N) is 3. The van der Waals surface area contributed by atoms with Gasteiger partial charge >= 0.3 is 0 Å². The number of piperazine rings is 1. The predicted molar refractivity (Wildman–Crippen MR) is 111 cm³/mol. The van der Waals surface area contributed by atoms with Crippen LogP contribution in [-0.4, -0.2) is 69.5 Å². The Morgan fingerprint density at radius 3 is 2.24 bits per heavy atom. The van der Waals surface area contributed by atoms with E-state index >= 15 is 0 Å². The fourth-order valence-electron chi connectivity index (χ4n) is 3.40. The standard InChI is InChI=1S/C21H28FN3O3S/c1-17-4-7-19(8-5-17)29(26,27)23(2)16-25-12-10-24(11-13-25)15-18-6-9-21(28-3)20(22)14-18/h4-9,14H,10-13,15-16H2,1-3H3. The van der Waals surface area contributed by atoms with Crippen LogP contribution in [0, 0.1) is 12.7 Å². The number of methoxy groups -OCH3 is 1. The van der Waals surface area contributed by atoms with Crippen LogP contribution in [0.5, 0.6) is 5.75 Å². The highest BCUT2D eigenvalue weighted by Crippen LogP contribution is 2.20. The third-order valence-electron chi connectivity index (χ3n) is 5.22. The van der Waals surface area contributed by atoms with Gasteiger partial charge in [-0.05, 0) is 36.8 Å². The van der Waals surface area contributed by atoms with E-state index in [4.69, 9.17) is 4.74 Å². The van der Waals surface area contributed by atoms with Gasteiger partial charge in [-0.1, -0.05) is 23.8 Å². The Labute approximate surface area is 172 Å². The molecule has 158 valence electrons. The van der Waals surface area contributed by atoms with Crippen LogP contribution in [0.4, 0.5) is 4.39 Å². The SMILES string of the molecule is COc1ccc(CN2CCN(CN(C)S(=O)(=O)c3ccc(C)cc3)CC2)cc1F. The van der Waals surface area contributed by atoms with Crippen molar-refractivity contribution in [2.45, 2.75) is 18.4 Å². The van der Waals surface area contributed by atoms with Gasteiger partial charge in [-0.25, -0.2) is 12.8 Å². The van der Waals surface area contributed by atoms with Crippen LogP contribution in [0.25, 0.3) is 0 Å². The first kappa shape index (κ1) is 21.7. The van der Waals surface area contributed by atoms with Gasteiger partial charge in [0.05, 0.1) is 18.7 Å². The minimum Gasteiger partial charge on any atom is -0.494 e. The van der Waals surface area contributed by atoms with Gasteiger partial charge in [0.1, 0.15) is 0 Å². The highest BCUT2D eigenvalue weighted by molar-refractivity contribution is 7.89. The lowest BCUT2D eigenvalue weighted by molar-refractivity contribution is 0.104. The van der Waals surface area contributed by atoms with Gasteiger partial charge in [0.2, 0.25) is 10.0 Å². The highest BCUT2D eigenvalue weighted by atomic mass is 32.2.